The fourth-order valence-electron chi connectivity index (χ4n) is 1.77. The normalized spacial score (nSPS) is 10.6. The van der Waals surface area contributed by atoms with Gasteiger partial charge in [-0.3, -0.25) is 4.98 Å². The summed E-state index contributed by atoms with van der Waals surface area (Å²) in [7, 11) is 2.15. The van der Waals surface area contributed by atoms with Crippen molar-refractivity contribution < 1.29 is 0 Å². The van der Waals surface area contributed by atoms with Gasteiger partial charge >= 0.3 is 0 Å². The van der Waals surface area contributed by atoms with Gasteiger partial charge in [-0.15, -0.1) is 0 Å². The van der Waals surface area contributed by atoms with Crippen LogP contribution in [0.3, 0.4) is 0 Å². The quantitative estimate of drug-likeness (QED) is 0.696. The van der Waals surface area contributed by atoms with E-state index >= 15 is 0 Å². The first-order valence-electron chi connectivity index (χ1n) is 6.63. The summed E-state index contributed by atoms with van der Waals surface area (Å²) < 4.78 is 0. The fourth-order valence-corrected chi connectivity index (χ4v) is 2.19. The maximum absolute atomic E-state index is 4.40. The minimum atomic E-state index is 0.861. The zero-order valence-corrected chi connectivity index (χ0v) is 12.6. The Morgan fingerprint density at radius 2 is 2.28 bits per heavy atom. The van der Waals surface area contributed by atoms with E-state index in [9.17, 15) is 0 Å². The summed E-state index contributed by atoms with van der Waals surface area (Å²) in [6.45, 7) is 5.19. The van der Waals surface area contributed by atoms with E-state index in [1.807, 2.05) is 18.0 Å². The molecule has 102 valence electrons. The van der Waals surface area contributed by atoms with Crippen LogP contribution in [0.1, 0.15) is 25.5 Å². The summed E-state index contributed by atoms with van der Waals surface area (Å²) in [6, 6.07) is 4.27. The van der Waals surface area contributed by atoms with Gasteiger partial charge in [-0.05, 0) is 43.5 Å². The molecule has 0 bridgehead atoms. The van der Waals surface area contributed by atoms with Gasteiger partial charge < -0.3 is 10.2 Å². The summed E-state index contributed by atoms with van der Waals surface area (Å²) in [5.41, 5.74) is 2.39. The third kappa shape index (κ3) is 5.74. The first kappa shape index (κ1) is 15.3. The van der Waals surface area contributed by atoms with E-state index in [1.165, 1.54) is 17.9 Å². The highest BCUT2D eigenvalue weighted by atomic mass is 32.2. The van der Waals surface area contributed by atoms with E-state index in [4.69, 9.17) is 0 Å². The number of anilines is 1. The van der Waals surface area contributed by atoms with E-state index in [0.29, 0.717) is 0 Å². The largest absolute Gasteiger partial charge is 0.374 e. The Morgan fingerprint density at radius 1 is 1.44 bits per heavy atom. The molecule has 0 unspecified atom stereocenters. The van der Waals surface area contributed by atoms with Crippen LogP contribution in [0.5, 0.6) is 0 Å². The first-order chi connectivity index (χ1) is 8.77. The first-order valence-corrected chi connectivity index (χ1v) is 8.03. The van der Waals surface area contributed by atoms with Gasteiger partial charge in [0.05, 0.1) is 5.69 Å². The van der Waals surface area contributed by atoms with Crippen molar-refractivity contribution >= 4 is 17.4 Å². The maximum atomic E-state index is 4.40. The van der Waals surface area contributed by atoms with Crippen LogP contribution in [-0.4, -0.2) is 37.1 Å². The molecule has 0 radical (unpaired) electrons. The molecule has 1 heterocycles. The Balaban J connectivity index is 2.47. The Hall–Kier alpha value is -0.740. The molecule has 0 spiro atoms. The predicted octanol–water partition coefficient (Wildman–Crippen LogP) is 2.77. The number of nitrogens with zero attached hydrogens (tertiary/aromatic N) is 2. The number of hydrogen-bond acceptors (Lipinski definition) is 4. The molecule has 0 saturated carbocycles. The van der Waals surface area contributed by atoms with Crippen molar-refractivity contribution in [2.75, 3.05) is 37.0 Å². The molecule has 3 nitrogen and oxygen atoms in total. The lowest BCUT2D eigenvalue weighted by molar-refractivity contribution is 0.664. The van der Waals surface area contributed by atoms with Crippen LogP contribution < -0.4 is 10.2 Å². The minimum Gasteiger partial charge on any atom is -0.374 e. The molecule has 1 rings (SSSR count). The van der Waals surface area contributed by atoms with E-state index in [1.54, 1.807) is 0 Å². The molecule has 4 heteroatoms. The van der Waals surface area contributed by atoms with Crippen LogP contribution in [0.15, 0.2) is 18.3 Å². The van der Waals surface area contributed by atoms with Gasteiger partial charge in [0.1, 0.15) is 0 Å². The number of pyridine rings is 1. The molecular weight excluding hydrogens is 242 g/mol. The SMILES string of the molecule is CCCNCc1cc(N(C)CCCSC)ccn1. The van der Waals surface area contributed by atoms with Crippen molar-refractivity contribution in [3.63, 3.8) is 0 Å². The fraction of sp³-hybridized carbons (Fsp3) is 0.643. The lowest BCUT2D eigenvalue weighted by Crippen LogP contribution is -2.20. The zero-order valence-electron chi connectivity index (χ0n) is 11.8. The molecule has 0 aliphatic carbocycles. The Labute approximate surface area is 115 Å². The Kier molecular flexibility index (Phi) is 7.85. The molecule has 0 aromatic carbocycles. The van der Waals surface area contributed by atoms with Crippen molar-refractivity contribution in [2.45, 2.75) is 26.3 Å². The van der Waals surface area contributed by atoms with Crippen LogP contribution >= 0.6 is 11.8 Å². The minimum absolute atomic E-state index is 0.861. The Bertz CT molecular complexity index is 331. The van der Waals surface area contributed by atoms with Gasteiger partial charge in [0, 0.05) is 32.0 Å². The van der Waals surface area contributed by atoms with Crippen molar-refractivity contribution in [1.29, 1.82) is 0 Å². The lowest BCUT2D eigenvalue weighted by Gasteiger charge is -2.19. The number of nitrogens with one attached hydrogen (secondary N) is 1. The summed E-state index contributed by atoms with van der Waals surface area (Å²) in [6.07, 6.45) is 6.45. The van der Waals surface area contributed by atoms with Crippen LogP contribution in [-0.2, 0) is 6.54 Å². The second kappa shape index (κ2) is 9.22. The average molecular weight is 267 g/mol. The second-order valence-electron chi connectivity index (χ2n) is 4.45. The summed E-state index contributed by atoms with van der Waals surface area (Å²) in [5.74, 6) is 1.22. The molecular formula is C14H25N3S. The number of aromatic nitrogens is 1. The molecule has 0 aliphatic heterocycles. The average Bonchev–Trinajstić information content (AvgIpc) is 2.39. The zero-order chi connectivity index (χ0) is 13.2. The maximum Gasteiger partial charge on any atom is 0.0562 e. The molecule has 18 heavy (non-hydrogen) atoms. The van der Waals surface area contributed by atoms with Crippen LogP contribution in [0, 0.1) is 0 Å². The molecule has 0 atom stereocenters. The highest BCUT2D eigenvalue weighted by molar-refractivity contribution is 7.98. The van der Waals surface area contributed by atoms with Gasteiger partial charge in [-0.1, -0.05) is 6.92 Å². The summed E-state index contributed by atoms with van der Waals surface area (Å²) >= 11 is 1.91. The second-order valence-corrected chi connectivity index (χ2v) is 5.44. The molecule has 0 aliphatic rings. The molecule has 0 saturated heterocycles. The highest BCUT2D eigenvalue weighted by Crippen LogP contribution is 2.13. The van der Waals surface area contributed by atoms with Gasteiger partial charge in [-0.25, -0.2) is 0 Å². The van der Waals surface area contributed by atoms with E-state index in [0.717, 1.165) is 31.7 Å². The van der Waals surface area contributed by atoms with Gasteiger partial charge in [0.25, 0.3) is 0 Å². The molecule has 1 N–H and O–H groups in total. The summed E-state index contributed by atoms with van der Waals surface area (Å²) in [5, 5.41) is 3.39. The predicted molar refractivity (Wildman–Crippen MR) is 82.5 cm³/mol. The van der Waals surface area contributed by atoms with Crippen molar-refractivity contribution in [3.8, 4) is 0 Å². The standard InChI is InChI=1S/C14H25N3S/c1-4-7-15-12-13-11-14(6-8-16-13)17(2)9-5-10-18-3/h6,8,11,15H,4-5,7,9-10,12H2,1-3H3. The molecule has 1 aromatic heterocycles. The smallest absolute Gasteiger partial charge is 0.0562 e. The van der Waals surface area contributed by atoms with Gasteiger partial charge in [-0.2, -0.15) is 11.8 Å². The molecule has 0 amide bonds. The van der Waals surface area contributed by atoms with Crippen molar-refractivity contribution in [2.24, 2.45) is 0 Å². The highest BCUT2D eigenvalue weighted by Gasteiger charge is 2.02. The lowest BCUT2D eigenvalue weighted by atomic mass is 10.3. The molecule has 0 fully saturated rings. The Morgan fingerprint density at radius 3 is 3.00 bits per heavy atom. The van der Waals surface area contributed by atoms with Crippen LogP contribution in [0.4, 0.5) is 5.69 Å². The number of thioether (sulfide) groups is 1. The van der Waals surface area contributed by atoms with Crippen molar-refractivity contribution in [1.82, 2.24) is 10.3 Å². The van der Waals surface area contributed by atoms with Crippen LogP contribution in [0.25, 0.3) is 0 Å². The van der Waals surface area contributed by atoms with Crippen molar-refractivity contribution in [3.05, 3.63) is 24.0 Å². The van der Waals surface area contributed by atoms with E-state index < -0.39 is 0 Å². The summed E-state index contributed by atoms with van der Waals surface area (Å²) in [4.78, 5) is 6.70. The monoisotopic (exact) mass is 267 g/mol. The third-order valence-electron chi connectivity index (χ3n) is 2.82. The van der Waals surface area contributed by atoms with E-state index in [-0.39, 0.29) is 0 Å². The van der Waals surface area contributed by atoms with E-state index in [2.05, 4.69) is 47.6 Å². The molecule has 1 aromatic rings. The topological polar surface area (TPSA) is 28.2 Å². The third-order valence-corrected chi connectivity index (χ3v) is 3.51. The van der Waals surface area contributed by atoms with Crippen LogP contribution in [0.2, 0.25) is 0 Å². The van der Waals surface area contributed by atoms with Gasteiger partial charge in [0.2, 0.25) is 0 Å². The number of rotatable bonds is 9. The van der Waals surface area contributed by atoms with Gasteiger partial charge in [0.15, 0.2) is 0 Å². The number of hydrogen-bond donors (Lipinski definition) is 1.